The van der Waals surface area contributed by atoms with Crippen LogP contribution < -0.4 is 0 Å². The Morgan fingerprint density at radius 1 is 1.31 bits per heavy atom. The van der Waals surface area contributed by atoms with Crippen molar-refractivity contribution in [3.05, 3.63) is 34.9 Å². The maximum atomic E-state index is 8.28. The van der Waals surface area contributed by atoms with Crippen LogP contribution in [0.1, 0.15) is 16.7 Å². The zero-order chi connectivity index (χ0) is 9.68. The van der Waals surface area contributed by atoms with Gasteiger partial charge in [-0.3, -0.25) is 5.26 Å². The maximum Gasteiger partial charge on any atom is 0.107 e. The van der Waals surface area contributed by atoms with Gasteiger partial charge in [-0.1, -0.05) is 18.2 Å². The Morgan fingerprint density at radius 2 is 2.08 bits per heavy atom. The Morgan fingerprint density at radius 3 is 2.69 bits per heavy atom. The number of ether oxygens (including phenoxy) is 1. The average Bonchev–Trinajstić information content (AvgIpc) is 2.12. The SMILES string of the molecule is COCc1cc(COO)ccc1C. The lowest BCUT2D eigenvalue weighted by atomic mass is 10.1. The molecule has 3 heteroatoms. The predicted octanol–water partition coefficient (Wildman–Crippen LogP) is 2.13. The highest BCUT2D eigenvalue weighted by molar-refractivity contribution is 5.30. The molecule has 1 rings (SSSR count). The predicted molar refractivity (Wildman–Crippen MR) is 49.3 cm³/mol. The van der Waals surface area contributed by atoms with Gasteiger partial charge in [-0.25, -0.2) is 4.89 Å². The molecule has 0 atom stereocenters. The summed E-state index contributed by atoms with van der Waals surface area (Å²) < 4.78 is 5.04. The number of aryl methyl sites for hydroxylation is 1. The molecule has 0 amide bonds. The molecule has 72 valence electrons. The Bertz CT molecular complexity index is 271. The molecular formula is C10H14O3. The number of hydrogen-bond donors (Lipinski definition) is 1. The van der Waals surface area contributed by atoms with Gasteiger partial charge in [-0.15, -0.1) is 0 Å². The standard InChI is InChI=1S/C10H14O3/c1-8-3-4-9(6-13-11)5-10(8)7-12-2/h3-5,11H,6-7H2,1-2H3. The van der Waals surface area contributed by atoms with Gasteiger partial charge in [0.2, 0.25) is 0 Å². The third-order valence-electron chi connectivity index (χ3n) is 1.94. The quantitative estimate of drug-likeness (QED) is 0.572. The molecular weight excluding hydrogens is 168 g/mol. The van der Waals surface area contributed by atoms with E-state index >= 15 is 0 Å². The minimum Gasteiger partial charge on any atom is -0.380 e. The second kappa shape index (κ2) is 4.97. The molecule has 3 nitrogen and oxygen atoms in total. The first kappa shape index (κ1) is 10.2. The topological polar surface area (TPSA) is 38.7 Å². The van der Waals surface area contributed by atoms with Crippen molar-refractivity contribution in [2.45, 2.75) is 20.1 Å². The minimum absolute atomic E-state index is 0.219. The molecule has 0 aliphatic carbocycles. The zero-order valence-corrected chi connectivity index (χ0v) is 7.91. The van der Waals surface area contributed by atoms with Gasteiger partial charge < -0.3 is 4.74 Å². The molecule has 13 heavy (non-hydrogen) atoms. The largest absolute Gasteiger partial charge is 0.380 e. The summed E-state index contributed by atoms with van der Waals surface area (Å²) >= 11 is 0. The van der Waals surface area contributed by atoms with Gasteiger partial charge >= 0.3 is 0 Å². The molecule has 0 saturated heterocycles. The van der Waals surface area contributed by atoms with Crippen LogP contribution in [0.2, 0.25) is 0 Å². The van der Waals surface area contributed by atoms with Crippen LogP contribution in [0, 0.1) is 6.92 Å². The molecule has 0 fully saturated rings. The van der Waals surface area contributed by atoms with E-state index in [1.54, 1.807) is 7.11 Å². The fourth-order valence-corrected chi connectivity index (χ4v) is 1.20. The number of benzene rings is 1. The second-order valence-electron chi connectivity index (χ2n) is 2.97. The van der Waals surface area contributed by atoms with Crippen molar-refractivity contribution in [1.82, 2.24) is 0 Å². The summed E-state index contributed by atoms with van der Waals surface area (Å²) in [7, 11) is 1.66. The zero-order valence-electron chi connectivity index (χ0n) is 7.91. The summed E-state index contributed by atoms with van der Waals surface area (Å²) in [6.07, 6.45) is 0. The first-order chi connectivity index (χ1) is 6.27. The number of methoxy groups -OCH3 is 1. The van der Waals surface area contributed by atoms with Crippen LogP contribution in [-0.2, 0) is 22.8 Å². The van der Waals surface area contributed by atoms with E-state index in [0.29, 0.717) is 6.61 Å². The minimum atomic E-state index is 0.219. The summed E-state index contributed by atoms with van der Waals surface area (Å²) in [5.74, 6) is 0. The maximum absolute atomic E-state index is 8.28. The molecule has 0 heterocycles. The molecule has 1 aromatic carbocycles. The van der Waals surface area contributed by atoms with Crippen LogP contribution in [0.25, 0.3) is 0 Å². The van der Waals surface area contributed by atoms with E-state index in [4.69, 9.17) is 9.99 Å². The smallest absolute Gasteiger partial charge is 0.107 e. The van der Waals surface area contributed by atoms with Gasteiger partial charge in [0.25, 0.3) is 0 Å². The Labute approximate surface area is 77.8 Å². The van der Waals surface area contributed by atoms with E-state index in [2.05, 4.69) is 4.89 Å². The Kier molecular flexibility index (Phi) is 3.89. The van der Waals surface area contributed by atoms with Crippen molar-refractivity contribution in [2.24, 2.45) is 0 Å². The molecule has 0 aromatic heterocycles. The van der Waals surface area contributed by atoms with Crippen molar-refractivity contribution >= 4 is 0 Å². The fourth-order valence-electron chi connectivity index (χ4n) is 1.20. The molecule has 0 aliphatic heterocycles. The molecule has 0 bridgehead atoms. The van der Waals surface area contributed by atoms with Gasteiger partial charge in [-0.2, -0.15) is 0 Å². The lowest BCUT2D eigenvalue weighted by Gasteiger charge is -2.06. The van der Waals surface area contributed by atoms with Crippen LogP contribution in [-0.4, -0.2) is 12.4 Å². The summed E-state index contributed by atoms with van der Waals surface area (Å²) in [5.41, 5.74) is 3.25. The molecule has 0 unspecified atom stereocenters. The third-order valence-corrected chi connectivity index (χ3v) is 1.94. The van der Waals surface area contributed by atoms with Gasteiger partial charge in [0.1, 0.15) is 6.61 Å². The van der Waals surface area contributed by atoms with Crippen LogP contribution in [0.15, 0.2) is 18.2 Å². The van der Waals surface area contributed by atoms with Crippen molar-refractivity contribution < 1.29 is 14.9 Å². The molecule has 1 aromatic rings. The van der Waals surface area contributed by atoms with Crippen molar-refractivity contribution in [3.8, 4) is 0 Å². The Hall–Kier alpha value is -0.900. The van der Waals surface area contributed by atoms with Gasteiger partial charge in [0.05, 0.1) is 6.61 Å². The molecule has 0 radical (unpaired) electrons. The first-order valence-electron chi connectivity index (χ1n) is 4.11. The fraction of sp³-hybridized carbons (Fsp3) is 0.400. The van der Waals surface area contributed by atoms with Crippen molar-refractivity contribution in [2.75, 3.05) is 7.11 Å². The molecule has 1 N–H and O–H groups in total. The van der Waals surface area contributed by atoms with Crippen LogP contribution in [0.5, 0.6) is 0 Å². The molecule has 0 saturated carbocycles. The summed E-state index contributed by atoms with van der Waals surface area (Å²) in [4.78, 5) is 4.06. The number of rotatable bonds is 4. The number of hydrogen-bond acceptors (Lipinski definition) is 3. The molecule has 0 spiro atoms. The Balaban J connectivity index is 2.83. The van der Waals surface area contributed by atoms with Crippen LogP contribution in [0.4, 0.5) is 0 Å². The highest BCUT2D eigenvalue weighted by Crippen LogP contribution is 2.12. The van der Waals surface area contributed by atoms with E-state index in [1.807, 2.05) is 25.1 Å². The molecule has 0 aliphatic rings. The highest BCUT2D eigenvalue weighted by Gasteiger charge is 1.99. The summed E-state index contributed by atoms with van der Waals surface area (Å²) in [5, 5.41) is 8.28. The highest BCUT2D eigenvalue weighted by atomic mass is 17.1. The first-order valence-corrected chi connectivity index (χ1v) is 4.11. The van der Waals surface area contributed by atoms with E-state index in [9.17, 15) is 0 Å². The van der Waals surface area contributed by atoms with Gasteiger partial charge in [0.15, 0.2) is 0 Å². The van der Waals surface area contributed by atoms with E-state index in [-0.39, 0.29) is 6.61 Å². The lowest BCUT2D eigenvalue weighted by Crippen LogP contribution is -1.95. The van der Waals surface area contributed by atoms with Crippen LogP contribution in [0.3, 0.4) is 0 Å². The van der Waals surface area contributed by atoms with Crippen LogP contribution >= 0.6 is 0 Å². The summed E-state index contributed by atoms with van der Waals surface area (Å²) in [6.45, 7) is 2.83. The lowest BCUT2D eigenvalue weighted by molar-refractivity contribution is -0.253. The normalized spacial score (nSPS) is 10.4. The average molecular weight is 182 g/mol. The second-order valence-corrected chi connectivity index (χ2v) is 2.97. The van der Waals surface area contributed by atoms with Crippen molar-refractivity contribution in [1.29, 1.82) is 0 Å². The van der Waals surface area contributed by atoms with Gasteiger partial charge in [-0.05, 0) is 23.6 Å². The van der Waals surface area contributed by atoms with Crippen molar-refractivity contribution in [3.63, 3.8) is 0 Å². The van der Waals surface area contributed by atoms with E-state index in [1.165, 1.54) is 5.56 Å². The van der Waals surface area contributed by atoms with E-state index < -0.39 is 0 Å². The monoisotopic (exact) mass is 182 g/mol. The summed E-state index contributed by atoms with van der Waals surface area (Å²) in [6, 6.07) is 5.88. The van der Waals surface area contributed by atoms with E-state index in [0.717, 1.165) is 11.1 Å². The third kappa shape index (κ3) is 2.81. The van der Waals surface area contributed by atoms with Gasteiger partial charge in [0, 0.05) is 7.11 Å².